The fourth-order valence-electron chi connectivity index (χ4n) is 8.30. The number of rotatable bonds is 5. The van der Waals surface area contributed by atoms with Crippen molar-refractivity contribution in [2.45, 2.75) is 55.6 Å². The molecule has 2 aromatic carbocycles. The predicted octanol–water partition coefficient (Wildman–Crippen LogP) is -0.252. The third-order valence-electron chi connectivity index (χ3n) is 10.6. The van der Waals surface area contributed by atoms with E-state index in [-0.39, 0.29) is 35.4 Å². The molecule has 7 heterocycles. The van der Waals surface area contributed by atoms with E-state index < -0.39 is 73.1 Å². The lowest BCUT2D eigenvalue weighted by Gasteiger charge is -2.41. The highest BCUT2D eigenvalue weighted by molar-refractivity contribution is 6.25. The summed E-state index contributed by atoms with van der Waals surface area (Å²) in [6.45, 7) is -0.677. The number of aliphatic carboxylic acids is 2. The van der Waals surface area contributed by atoms with Crippen LogP contribution in [0.5, 0.6) is 5.88 Å². The van der Waals surface area contributed by atoms with Crippen LogP contribution >= 0.6 is 0 Å². The number of ether oxygens (including phenoxy) is 1. The van der Waals surface area contributed by atoms with E-state index in [0.717, 1.165) is 10.1 Å². The molecule has 0 spiro atoms. The van der Waals surface area contributed by atoms with E-state index >= 15 is 0 Å². The number of amides is 1. The Hall–Kier alpha value is -5.58. The van der Waals surface area contributed by atoms with Crippen molar-refractivity contribution in [1.29, 1.82) is 0 Å². The first-order chi connectivity index (χ1) is 24.5. The van der Waals surface area contributed by atoms with Crippen LogP contribution in [0.4, 0.5) is 0 Å². The van der Waals surface area contributed by atoms with Crippen LogP contribution in [0.15, 0.2) is 77.1 Å². The van der Waals surface area contributed by atoms with Gasteiger partial charge in [0.2, 0.25) is 5.88 Å². The zero-order valence-electron chi connectivity index (χ0n) is 26.5. The van der Waals surface area contributed by atoms with Crippen molar-refractivity contribution in [1.82, 2.24) is 14.0 Å². The summed E-state index contributed by atoms with van der Waals surface area (Å²) < 4.78 is 8.68. The molecule has 2 aromatic heterocycles. The van der Waals surface area contributed by atoms with Crippen LogP contribution in [0.25, 0.3) is 33.4 Å². The van der Waals surface area contributed by atoms with Gasteiger partial charge in [0.1, 0.15) is 36.5 Å². The van der Waals surface area contributed by atoms with Crippen LogP contribution in [-0.4, -0.2) is 105 Å². The molecule has 1 amide bonds. The van der Waals surface area contributed by atoms with Crippen molar-refractivity contribution in [3.8, 4) is 17.3 Å². The second-order valence-corrected chi connectivity index (χ2v) is 13.3. The number of para-hydroxylation sites is 2. The molecule has 4 aromatic rings. The molecule has 9 rings (SSSR count). The zero-order chi connectivity index (χ0) is 35.6. The van der Waals surface area contributed by atoms with Crippen molar-refractivity contribution in [2.75, 3.05) is 6.61 Å². The van der Waals surface area contributed by atoms with Gasteiger partial charge in [-0.25, -0.2) is 14.6 Å². The molecule has 0 unspecified atom stereocenters. The van der Waals surface area contributed by atoms with Crippen molar-refractivity contribution < 1.29 is 54.9 Å². The molecule has 0 saturated carbocycles. The van der Waals surface area contributed by atoms with Gasteiger partial charge < -0.3 is 45.0 Å². The van der Waals surface area contributed by atoms with E-state index in [4.69, 9.17) is 9.73 Å². The average molecular weight is 695 g/mol. The maximum absolute atomic E-state index is 14.2. The minimum Gasteiger partial charge on any atom is -0.494 e. The van der Waals surface area contributed by atoms with Gasteiger partial charge in [-0.15, -0.1) is 0 Å². The van der Waals surface area contributed by atoms with Crippen LogP contribution in [0, 0.1) is 0 Å². The fourth-order valence-corrected chi connectivity index (χ4v) is 8.30. The number of aromatic nitrogens is 2. The summed E-state index contributed by atoms with van der Waals surface area (Å²) >= 11 is 0. The van der Waals surface area contributed by atoms with Gasteiger partial charge in [0.15, 0.2) is 6.23 Å². The highest BCUT2D eigenvalue weighted by atomic mass is 16.6. The van der Waals surface area contributed by atoms with E-state index in [1.54, 1.807) is 36.4 Å². The topological polar surface area (TPSA) is 228 Å². The number of benzene rings is 2. The normalized spacial score (nSPS) is 27.8. The summed E-state index contributed by atoms with van der Waals surface area (Å²) in [4.78, 5) is 45.5. The molecule has 5 aliphatic rings. The molecule has 7 atom stereocenters. The molecule has 5 aliphatic heterocycles. The molecule has 7 N–H and O–H groups in total. The number of hydrogen-bond acceptors (Lipinski definition) is 10. The SMILES string of the molecule is O=C(O)[C@@H]1CC2=c3ccccc3=NC2=C2C=C(c3cc4n(c3O)[C@H](C(=O)O)Cc3c-4n([C@@H]4O[C@H](CO)[C@@H](O)[C@H](O)[C@H]4O)c4ccccc34)C(=O)N21. The summed E-state index contributed by atoms with van der Waals surface area (Å²) in [5.74, 6) is -3.77. The number of carbonyl (C=O) groups is 3. The molecular formula is C36H30N4O11. The minimum absolute atomic E-state index is 0.00341. The van der Waals surface area contributed by atoms with Gasteiger partial charge in [0.25, 0.3) is 5.91 Å². The van der Waals surface area contributed by atoms with E-state index in [2.05, 4.69) is 0 Å². The molecule has 51 heavy (non-hydrogen) atoms. The first-order valence-corrected chi connectivity index (χ1v) is 16.3. The molecular weight excluding hydrogens is 664 g/mol. The summed E-state index contributed by atoms with van der Waals surface area (Å²) in [6.07, 6.45) is -6.33. The minimum atomic E-state index is -1.71. The molecule has 1 saturated heterocycles. The Balaban J connectivity index is 1.27. The second kappa shape index (κ2) is 11.0. The Morgan fingerprint density at radius 3 is 2.37 bits per heavy atom. The highest BCUT2D eigenvalue weighted by Crippen LogP contribution is 2.51. The first kappa shape index (κ1) is 31.4. The van der Waals surface area contributed by atoms with Crippen molar-refractivity contribution >= 4 is 39.9 Å². The Bertz CT molecular complexity index is 2440. The van der Waals surface area contributed by atoms with Gasteiger partial charge in [-0.3, -0.25) is 14.3 Å². The quantitative estimate of drug-likeness (QED) is 0.144. The Labute approximate surface area is 286 Å². The number of fused-ring (bicyclic) bond motifs is 8. The van der Waals surface area contributed by atoms with Gasteiger partial charge in [-0.1, -0.05) is 36.4 Å². The number of aliphatic hydroxyl groups excluding tert-OH is 4. The van der Waals surface area contributed by atoms with Crippen LogP contribution in [0.3, 0.4) is 0 Å². The van der Waals surface area contributed by atoms with E-state index in [0.29, 0.717) is 38.8 Å². The Morgan fingerprint density at radius 1 is 0.902 bits per heavy atom. The lowest BCUT2D eigenvalue weighted by molar-refractivity contribution is -0.249. The fraction of sp³-hybridized carbons (Fsp3) is 0.278. The van der Waals surface area contributed by atoms with Gasteiger partial charge >= 0.3 is 11.9 Å². The van der Waals surface area contributed by atoms with Crippen LogP contribution in [-0.2, 0) is 25.5 Å². The third-order valence-corrected chi connectivity index (χ3v) is 10.6. The van der Waals surface area contributed by atoms with Crippen LogP contribution < -0.4 is 10.6 Å². The summed E-state index contributed by atoms with van der Waals surface area (Å²) in [6, 6.07) is 13.0. The van der Waals surface area contributed by atoms with Crippen molar-refractivity contribution in [3.05, 3.63) is 93.8 Å². The first-order valence-electron chi connectivity index (χ1n) is 16.3. The Kier molecular flexibility index (Phi) is 6.75. The molecule has 1 fully saturated rings. The number of carboxylic acids is 2. The maximum Gasteiger partial charge on any atom is 0.327 e. The number of carbonyl (C=O) groups excluding carboxylic acids is 1. The lowest BCUT2D eigenvalue weighted by Crippen LogP contribution is -2.56. The molecule has 260 valence electrons. The number of nitrogens with zero attached hydrogens (tertiary/aromatic N) is 4. The van der Waals surface area contributed by atoms with Gasteiger partial charge in [-0.2, -0.15) is 0 Å². The predicted molar refractivity (Wildman–Crippen MR) is 175 cm³/mol. The number of aromatic hydroxyl groups is 1. The summed E-state index contributed by atoms with van der Waals surface area (Å²) in [7, 11) is 0. The molecule has 15 nitrogen and oxygen atoms in total. The molecule has 0 bridgehead atoms. The molecule has 15 heteroatoms. The third kappa shape index (κ3) is 4.17. The number of aliphatic hydroxyl groups is 4. The second-order valence-electron chi connectivity index (χ2n) is 13.3. The molecule has 0 radical (unpaired) electrons. The van der Waals surface area contributed by atoms with Crippen LogP contribution in [0.2, 0.25) is 0 Å². The average Bonchev–Trinajstić information content (AvgIpc) is 3.86. The number of hydrogen-bond donors (Lipinski definition) is 7. The van der Waals surface area contributed by atoms with Gasteiger partial charge in [0.05, 0.1) is 45.8 Å². The highest BCUT2D eigenvalue weighted by Gasteiger charge is 2.49. The van der Waals surface area contributed by atoms with Gasteiger partial charge in [-0.05, 0) is 35.4 Å². The van der Waals surface area contributed by atoms with E-state index in [1.807, 2.05) is 12.1 Å². The smallest absolute Gasteiger partial charge is 0.327 e. The summed E-state index contributed by atoms with van der Waals surface area (Å²) in [5.41, 5.74) is 2.68. The lowest BCUT2D eigenvalue weighted by atomic mass is 9.95. The van der Waals surface area contributed by atoms with Gasteiger partial charge in [0, 0.05) is 29.0 Å². The number of carboxylic acid groups (broad SMARTS) is 2. The van der Waals surface area contributed by atoms with Crippen LogP contribution in [0.1, 0.15) is 29.8 Å². The monoisotopic (exact) mass is 694 g/mol. The van der Waals surface area contributed by atoms with Crippen molar-refractivity contribution in [2.24, 2.45) is 4.99 Å². The molecule has 0 aliphatic carbocycles. The largest absolute Gasteiger partial charge is 0.494 e. The summed E-state index contributed by atoms with van der Waals surface area (Å²) in [5, 5.41) is 77.0. The standard InChI is InChI=1S/C36H30N4O11/c41-13-26-29(42)30(43)31(44)34(51-26)40-21-8-4-2-6-15(21)17-10-25(36(49)50)39-23(28(17)40)12-19(33(39)46)18-11-22-27-16(14-5-1-3-7-20(14)37-27)9-24(35(47)48)38(22)32(18)45/h1-8,11-12,24-26,29-31,34,41-44,46H,9-10,13H2,(H,47,48)(H,49,50)/t24-,25-,26+,29+,30-,31+,34+/m0/s1. The Morgan fingerprint density at radius 2 is 1.63 bits per heavy atom. The zero-order valence-corrected chi connectivity index (χ0v) is 26.5. The van der Waals surface area contributed by atoms with E-state index in [9.17, 15) is 50.1 Å². The number of allylic oxidation sites excluding steroid dienone is 2. The maximum atomic E-state index is 14.2. The van der Waals surface area contributed by atoms with E-state index in [1.165, 1.54) is 21.3 Å². The van der Waals surface area contributed by atoms with Crippen molar-refractivity contribution in [3.63, 3.8) is 0 Å².